The van der Waals surface area contributed by atoms with E-state index in [4.69, 9.17) is 27.9 Å². The summed E-state index contributed by atoms with van der Waals surface area (Å²) in [6.07, 6.45) is 1.67. The first kappa shape index (κ1) is 17.3. The summed E-state index contributed by atoms with van der Waals surface area (Å²) in [6, 6.07) is 5.03. The van der Waals surface area contributed by atoms with Crippen LogP contribution in [0.5, 0.6) is 0 Å². The molecule has 3 N–H and O–H groups in total. The van der Waals surface area contributed by atoms with Crippen molar-refractivity contribution in [1.82, 2.24) is 10.6 Å². The molecule has 0 saturated carbocycles. The van der Waals surface area contributed by atoms with E-state index in [1.54, 1.807) is 25.2 Å². The predicted molar refractivity (Wildman–Crippen MR) is 89.8 cm³/mol. The Morgan fingerprint density at radius 3 is 2.68 bits per heavy atom. The smallest absolute Gasteiger partial charge is 0.191 e. The number of aliphatic hydroxyl groups excluding tert-OH is 1. The molecular formula is C15H21Cl2N3O2. The van der Waals surface area contributed by atoms with Crippen molar-refractivity contribution >= 4 is 29.2 Å². The molecule has 2 rings (SSSR count). The number of nitrogens with zero attached hydrogens (tertiary/aromatic N) is 1. The highest BCUT2D eigenvalue weighted by Crippen LogP contribution is 2.23. The van der Waals surface area contributed by atoms with Crippen LogP contribution < -0.4 is 10.6 Å². The van der Waals surface area contributed by atoms with Gasteiger partial charge in [-0.05, 0) is 36.6 Å². The summed E-state index contributed by atoms with van der Waals surface area (Å²) in [7, 11) is 1.69. The normalized spacial score (nSPS) is 20.0. The molecule has 0 aliphatic carbocycles. The SMILES string of the molecule is CN=C(NCC1CCCO1)NCC(O)c1cc(Cl)cc(Cl)c1. The minimum Gasteiger partial charge on any atom is -0.387 e. The largest absolute Gasteiger partial charge is 0.387 e. The van der Waals surface area contributed by atoms with E-state index >= 15 is 0 Å². The van der Waals surface area contributed by atoms with Crippen LogP contribution in [0.25, 0.3) is 0 Å². The van der Waals surface area contributed by atoms with Crippen LogP contribution in [0.4, 0.5) is 0 Å². The van der Waals surface area contributed by atoms with Gasteiger partial charge in [-0.3, -0.25) is 4.99 Å². The molecule has 0 aromatic heterocycles. The average Bonchev–Trinajstić information content (AvgIpc) is 2.99. The molecule has 2 unspecified atom stereocenters. The van der Waals surface area contributed by atoms with Crippen LogP contribution in [0.15, 0.2) is 23.2 Å². The number of ether oxygens (including phenoxy) is 1. The number of halogens is 2. The maximum Gasteiger partial charge on any atom is 0.191 e. The molecule has 122 valence electrons. The summed E-state index contributed by atoms with van der Waals surface area (Å²) < 4.78 is 5.55. The second-order valence-electron chi connectivity index (χ2n) is 5.19. The average molecular weight is 346 g/mol. The standard InChI is InChI=1S/C15H21Cl2N3O2/c1-18-15(19-8-13-3-2-4-22-13)20-9-14(21)10-5-11(16)7-12(17)6-10/h5-7,13-14,21H,2-4,8-9H2,1H3,(H2,18,19,20). The lowest BCUT2D eigenvalue weighted by Gasteiger charge is -2.17. The van der Waals surface area contributed by atoms with Crippen LogP contribution in [0, 0.1) is 0 Å². The topological polar surface area (TPSA) is 65.9 Å². The van der Waals surface area contributed by atoms with Crippen LogP contribution in [0.3, 0.4) is 0 Å². The molecule has 0 spiro atoms. The molecule has 0 amide bonds. The monoisotopic (exact) mass is 345 g/mol. The molecule has 1 aliphatic rings. The van der Waals surface area contributed by atoms with Gasteiger partial charge < -0.3 is 20.5 Å². The van der Waals surface area contributed by atoms with Crippen molar-refractivity contribution in [2.45, 2.75) is 25.0 Å². The molecule has 7 heteroatoms. The number of hydrogen-bond donors (Lipinski definition) is 3. The van der Waals surface area contributed by atoms with E-state index in [2.05, 4.69) is 15.6 Å². The third-order valence-corrected chi connectivity index (χ3v) is 3.91. The third-order valence-electron chi connectivity index (χ3n) is 3.48. The molecule has 1 aromatic rings. The fraction of sp³-hybridized carbons (Fsp3) is 0.533. The Balaban J connectivity index is 1.81. The fourth-order valence-corrected chi connectivity index (χ4v) is 2.86. The zero-order chi connectivity index (χ0) is 15.9. The zero-order valence-corrected chi connectivity index (χ0v) is 14.0. The molecule has 0 bridgehead atoms. The highest BCUT2D eigenvalue weighted by molar-refractivity contribution is 6.34. The van der Waals surface area contributed by atoms with Crippen molar-refractivity contribution in [2.24, 2.45) is 4.99 Å². The number of aliphatic imine (C=N–C) groups is 1. The molecule has 0 radical (unpaired) electrons. The Morgan fingerprint density at radius 2 is 2.09 bits per heavy atom. The summed E-state index contributed by atoms with van der Waals surface area (Å²) in [5, 5.41) is 17.5. The number of guanidine groups is 1. The lowest BCUT2D eigenvalue weighted by molar-refractivity contribution is 0.113. The van der Waals surface area contributed by atoms with Crippen molar-refractivity contribution < 1.29 is 9.84 Å². The van der Waals surface area contributed by atoms with E-state index in [0.717, 1.165) is 19.4 Å². The zero-order valence-electron chi connectivity index (χ0n) is 12.5. The first-order valence-corrected chi connectivity index (χ1v) is 8.04. The minimum atomic E-state index is -0.725. The molecule has 1 heterocycles. The van der Waals surface area contributed by atoms with Gasteiger partial charge in [0.2, 0.25) is 0 Å². The highest BCUT2D eigenvalue weighted by Gasteiger charge is 2.16. The first-order valence-electron chi connectivity index (χ1n) is 7.28. The number of benzene rings is 1. The Labute approximate surface area is 140 Å². The molecule has 5 nitrogen and oxygen atoms in total. The van der Waals surface area contributed by atoms with Crippen molar-refractivity contribution in [1.29, 1.82) is 0 Å². The summed E-state index contributed by atoms with van der Waals surface area (Å²) in [5.74, 6) is 0.627. The van der Waals surface area contributed by atoms with Crippen LogP contribution in [0.2, 0.25) is 10.0 Å². The summed E-state index contributed by atoms with van der Waals surface area (Å²) in [6.45, 7) is 1.84. The van der Waals surface area contributed by atoms with Crippen molar-refractivity contribution in [3.63, 3.8) is 0 Å². The lowest BCUT2D eigenvalue weighted by atomic mass is 10.1. The van der Waals surface area contributed by atoms with Gasteiger partial charge in [0, 0.05) is 36.8 Å². The lowest BCUT2D eigenvalue weighted by Crippen LogP contribution is -2.42. The number of hydrogen-bond acceptors (Lipinski definition) is 3. The second-order valence-corrected chi connectivity index (χ2v) is 6.06. The number of rotatable bonds is 5. The van der Waals surface area contributed by atoms with E-state index in [1.165, 1.54) is 0 Å². The Kier molecular flexibility index (Phi) is 6.76. The quantitative estimate of drug-likeness (QED) is 0.566. The van der Waals surface area contributed by atoms with Gasteiger partial charge in [-0.2, -0.15) is 0 Å². The first-order chi connectivity index (χ1) is 10.6. The molecule has 1 fully saturated rings. The van der Waals surface area contributed by atoms with Gasteiger partial charge in [0.25, 0.3) is 0 Å². The molecule has 22 heavy (non-hydrogen) atoms. The van der Waals surface area contributed by atoms with E-state index < -0.39 is 6.10 Å². The third kappa shape index (κ3) is 5.32. The van der Waals surface area contributed by atoms with Gasteiger partial charge in [0.1, 0.15) is 0 Å². The van der Waals surface area contributed by atoms with Gasteiger partial charge in [-0.25, -0.2) is 0 Å². The Bertz CT molecular complexity index is 499. The van der Waals surface area contributed by atoms with Crippen LogP contribution in [-0.4, -0.2) is 43.9 Å². The van der Waals surface area contributed by atoms with Crippen molar-refractivity contribution in [3.8, 4) is 0 Å². The van der Waals surface area contributed by atoms with Crippen molar-refractivity contribution in [2.75, 3.05) is 26.7 Å². The maximum absolute atomic E-state index is 10.2. The van der Waals surface area contributed by atoms with Crippen LogP contribution >= 0.6 is 23.2 Å². The van der Waals surface area contributed by atoms with Gasteiger partial charge in [0.15, 0.2) is 5.96 Å². The number of aliphatic hydroxyl groups is 1. The van der Waals surface area contributed by atoms with Crippen LogP contribution in [0.1, 0.15) is 24.5 Å². The van der Waals surface area contributed by atoms with Gasteiger partial charge >= 0.3 is 0 Å². The van der Waals surface area contributed by atoms with E-state index in [9.17, 15) is 5.11 Å². The molecular weight excluding hydrogens is 325 g/mol. The Morgan fingerprint density at radius 1 is 1.36 bits per heavy atom. The van der Waals surface area contributed by atoms with E-state index in [0.29, 0.717) is 34.7 Å². The van der Waals surface area contributed by atoms with Gasteiger partial charge in [-0.1, -0.05) is 23.2 Å². The number of nitrogens with one attached hydrogen (secondary N) is 2. The summed E-state index contributed by atoms with van der Waals surface area (Å²) >= 11 is 11.9. The minimum absolute atomic E-state index is 0.232. The van der Waals surface area contributed by atoms with Crippen molar-refractivity contribution in [3.05, 3.63) is 33.8 Å². The summed E-state index contributed by atoms with van der Waals surface area (Å²) in [5.41, 5.74) is 0.666. The fourth-order valence-electron chi connectivity index (χ4n) is 2.32. The Hall–Kier alpha value is -1.01. The highest BCUT2D eigenvalue weighted by atomic mass is 35.5. The van der Waals surface area contributed by atoms with Gasteiger partial charge in [-0.15, -0.1) is 0 Å². The summed E-state index contributed by atoms with van der Waals surface area (Å²) in [4.78, 5) is 4.13. The van der Waals surface area contributed by atoms with E-state index in [1.807, 2.05) is 0 Å². The molecule has 2 atom stereocenters. The van der Waals surface area contributed by atoms with E-state index in [-0.39, 0.29) is 6.10 Å². The van der Waals surface area contributed by atoms with Crippen LogP contribution in [-0.2, 0) is 4.74 Å². The molecule has 1 saturated heterocycles. The van der Waals surface area contributed by atoms with Gasteiger partial charge in [0.05, 0.1) is 12.2 Å². The molecule has 1 aliphatic heterocycles. The second kappa shape index (κ2) is 8.58. The predicted octanol–water partition coefficient (Wildman–Crippen LogP) is 2.37. The molecule has 1 aromatic carbocycles. The maximum atomic E-state index is 10.2.